The summed E-state index contributed by atoms with van der Waals surface area (Å²) < 4.78 is 1.66. The number of hydrogen-bond acceptors (Lipinski definition) is 4. The lowest BCUT2D eigenvalue weighted by Gasteiger charge is -2.33. The Labute approximate surface area is 168 Å². The van der Waals surface area contributed by atoms with Crippen molar-refractivity contribution in [3.63, 3.8) is 0 Å². The van der Waals surface area contributed by atoms with E-state index in [2.05, 4.69) is 29.0 Å². The van der Waals surface area contributed by atoms with Crippen molar-refractivity contribution >= 4 is 22.8 Å². The highest BCUT2D eigenvalue weighted by Crippen LogP contribution is 2.35. The molecule has 29 heavy (non-hydrogen) atoms. The van der Waals surface area contributed by atoms with E-state index in [9.17, 15) is 9.59 Å². The van der Waals surface area contributed by atoms with Crippen molar-refractivity contribution in [1.82, 2.24) is 19.9 Å². The summed E-state index contributed by atoms with van der Waals surface area (Å²) in [5.74, 6) is 0.626. The monoisotopic (exact) mass is 391 g/mol. The molecule has 2 N–H and O–H groups in total. The fraction of sp³-hybridized carbons (Fsp3) is 0.409. The minimum Gasteiger partial charge on any atom is -0.356 e. The average Bonchev–Trinajstić information content (AvgIpc) is 3.33. The number of aromatic amines is 1. The first-order valence-corrected chi connectivity index (χ1v) is 10.1. The van der Waals surface area contributed by atoms with Gasteiger partial charge in [-0.3, -0.25) is 14.2 Å². The molecule has 1 saturated heterocycles. The van der Waals surface area contributed by atoms with E-state index in [1.165, 1.54) is 0 Å². The molecule has 0 radical (unpaired) electrons. The predicted octanol–water partition coefficient (Wildman–Crippen LogP) is 3.11. The summed E-state index contributed by atoms with van der Waals surface area (Å²) in [5.41, 5.74) is 3.77. The topological polar surface area (TPSA) is 83.0 Å². The molecule has 3 aromatic rings. The van der Waals surface area contributed by atoms with Crippen molar-refractivity contribution in [2.45, 2.75) is 45.2 Å². The van der Waals surface area contributed by atoms with Crippen LogP contribution in [0.3, 0.4) is 0 Å². The molecule has 2 aliphatic rings. The maximum absolute atomic E-state index is 13.2. The van der Waals surface area contributed by atoms with Crippen molar-refractivity contribution in [2.75, 3.05) is 11.4 Å². The molecule has 1 amide bonds. The number of carbonyl (C=O) groups excluding carboxylic acids is 1. The Morgan fingerprint density at radius 3 is 2.69 bits per heavy atom. The lowest BCUT2D eigenvalue weighted by Crippen LogP contribution is -2.42. The molecule has 1 aromatic carbocycles. The minimum absolute atomic E-state index is 0.0407. The van der Waals surface area contributed by atoms with E-state index >= 15 is 0 Å². The Morgan fingerprint density at radius 2 is 2.00 bits per heavy atom. The van der Waals surface area contributed by atoms with Gasteiger partial charge in [-0.25, -0.2) is 4.98 Å². The van der Waals surface area contributed by atoms with Crippen molar-refractivity contribution < 1.29 is 4.79 Å². The highest BCUT2D eigenvalue weighted by molar-refractivity contribution is 6.01. The number of rotatable bonds is 2. The summed E-state index contributed by atoms with van der Waals surface area (Å²) in [7, 11) is 1.79. The lowest BCUT2D eigenvalue weighted by molar-refractivity contribution is 0.0958. The molecule has 5 rings (SSSR count). The van der Waals surface area contributed by atoms with Crippen LogP contribution in [0.15, 0.2) is 29.1 Å². The van der Waals surface area contributed by atoms with E-state index in [1.807, 2.05) is 31.2 Å². The van der Waals surface area contributed by atoms with Crippen LogP contribution < -0.4 is 15.8 Å². The van der Waals surface area contributed by atoms with Crippen LogP contribution in [0.2, 0.25) is 0 Å². The predicted molar refractivity (Wildman–Crippen MR) is 113 cm³/mol. The van der Waals surface area contributed by atoms with Crippen molar-refractivity contribution in [3.8, 4) is 11.3 Å². The summed E-state index contributed by atoms with van der Waals surface area (Å²) in [5, 5.41) is 3.49. The molecule has 2 aliphatic heterocycles. The SMILES string of the molecule is C[C@H]1NC(=O)c2cc(-c3cccc4c(=O)n(C)c(N5CCCC5(C)C)nc34)[nH]c21. The van der Waals surface area contributed by atoms with Gasteiger partial charge in [0.15, 0.2) is 0 Å². The van der Waals surface area contributed by atoms with E-state index < -0.39 is 0 Å². The number of hydrogen-bond donors (Lipinski definition) is 2. The molecular formula is C22H25N5O2. The Kier molecular flexibility index (Phi) is 3.69. The van der Waals surface area contributed by atoms with E-state index in [0.29, 0.717) is 22.4 Å². The first-order chi connectivity index (χ1) is 13.8. The Morgan fingerprint density at radius 1 is 1.21 bits per heavy atom. The number of anilines is 1. The maximum Gasteiger partial charge on any atom is 0.262 e. The van der Waals surface area contributed by atoms with E-state index in [0.717, 1.165) is 36.3 Å². The molecule has 4 heterocycles. The zero-order chi connectivity index (χ0) is 20.5. The van der Waals surface area contributed by atoms with E-state index in [4.69, 9.17) is 4.98 Å². The molecule has 1 fully saturated rings. The van der Waals surface area contributed by atoms with Crippen LogP contribution in [0.25, 0.3) is 22.2 Å². The first kappa shape index (κ1) is 18.0. The highest BCUT2D eigenvalue weighted by atomic mass is 16.2. The number of benzene rings is 1. The zero-order valence-corrected chi connectivity index (χ0v) is 17.2. The van der Waals surface area contributed by atoms with E-state index in [1.54, 1.807) is 11.6 Å². The van der Waals surface area contributed by atoms with Gasteiger partial charge >= 0.3 is 0 Å². The van der Waals surface area contributed by atoms with Crippen LogP contribution in [0.5, 0.6) is 0 Å². The van der Waals surface area contributed by atoms with Gasteiger partial charge in [-0.2, -0.15) is 0 Å². The summed E-state index contributed by atoms with van der Waals surface area (Å²) >= 11 is 0. The summed E-state index contributed by atoms with van der Waals surface area (Å²) in [4.78, 5) is 35.9. The molecule has 7 heteroatoms. The Bertz CT molecular complexity index is 1220. The van der Waals surface area contributed by atoms with Crippen LogP contribution in [0, 0.1) is 0 Å². The number of nitrogens with zero attached hydrogens (tertiary/aromatic N) is 3. The second-order valence-electron chi connectivity index (χ2n) is 8.75. The van der Waals surface area contributed by atoms with Crippen LogP contribution in [-0.2, 0) is 7.05 Å². The fourth-order valence-corrected chi connectivity index (χ4v) is 4.71. The van der Waals surface area contributed by atoms with Gasteiger partial charge in [0, 0.05) is 30.4 Å². The van der Waals surface area contributed by atoms with Gasteiger partial charge in [0.05, 0.1) is 28.2 Å². The van der Waals surface area contributed by atoms with Gasteiger partial charge in [0.1, 0.15) is 0 Å². The second kappa shape index (κ2) is 5.95. The molecule has 150 valence electrons. The zero-order valence-electron chi connectivity index (χ0n) is 17.2. The molecule has 7 nitrogen and oxygen atoms in total. The third-order valence-corrected chi connectivity index (χ3v) is 6.39. The van der Waals surface area contributed by atoms with E-state index in [-0.39, 0.29) is 23.0 Å². The summed E-state index contributed by atoms with van der Waals surface area (Å²) in [6.45, 7) is 7.22. The van der Waals surface area contributed by atoms with Gasteiger partial charge in [0.2, 0.25) is 5.95 Å². The van der Waals surface area contributed by atoms with Crippen molar-refractivity contribution in [3.05, 3.63) is 45.9 Å². The third kappa shape index (κ3) is 2.53. The number of para-hydroxylation sites is 1. The largest absolute Gasteiger partial charge is 0.356 e. The fourth-order valence-electron chi connectivity index (χ4n) is 4.71. The second-order valence-corrected chi connectivity index (χ2v) is 8.75. The van der Waals surface area contributed by atoms with Crippen LogP contribution >= 0.6 is 0 Å². The smallest absolute Gasteiger partial charge is 0.262 e. The van der Waals surface area contributed by atoms with Gasteiger partial charge < -0.3 is 15.2 Å². The molecule has 0 unspecified atom stereocenters. The number of nitrogens with one attached hydrogen (secondary N) is 2. The molecule has 0 aliphatic carbocycles. The minimum atomic E-state index is -0.0707. The van der Waals surface area contributed by atoms with Crippen molar-refractivity contribution in [1.29, 1.82) is 0 Å². The third-order valence-electron chi connectivity index (χ3n) is 6.39. The highest BCUT2D eigenvalue weighted by Gasteiger charge is 2.35. The molecule has 1 atom stereocenters. The molecule has 0 spiro atoms. The van der Waals surface area contributed by atoms with Crippen LogP contribution in [0.4, 0.5) is 5.95 Å². The number of aromatic nitrogens is 3. The quantitative estimate of drug-likeness (QED) is 0.703. The Balaban J connectivity index is 1.74. The number of amides is 1. The number of fused-ring (bicyclic) bond motifs is 2. The lowest BCUT2D eigenvalue weighted by atomic mass is 10.0. The number of H-pyrrole nitrogens is 1. The molecule has 2 aromatic heterocycles. The molecular weight excluding hydrogens is 366 g/mol. The van der Waals surface area contributed by atoms with Gasteiger partial charge in [-0.05, 0) is 45.7 Å². The van der Waals surface area contributed by atoms with Gasteiger partial charge in [-0.15, -0.1) is 0 Å². The summed E-state index contributed by atoms with van der Waals surface area (Å²) in [6.07, 6.45) is 2.15. The van der Waals surface area contributed by atoms with Crippen molar-refractivity contribution in [2.24, 2.45) is 7.05 Å². The van der Waals surface area contributed by atoms with Crippen LogP contribution in [0.1, 0.15) is 55.7 Å². The summed E-state index contributed by atoms with van der Waals surface area (Å²) in [6, 6.07) is 7.45. The average molecular weight is 391 g/mol. The van der Waals surface area contributed by atoms with Gasteiger partial charge in [-0.1, -0.05) is 12.1 Å². The number of carbonyl (C=O) groups is 1. The Hall–Kier alpha value is -3.09. The molecule has 0 saturated carbocycles. The standard InChI is InChI=1S/C22H25N5O2/c1-12-17-15(19(28)23-12)11-16(24-17)13-7-5-8-14-18(13)25-21(26(4)20(14)29)27-10-6-9-22(27,2)3/h5,7-8,11-12,24H,6,9-10H2,1-4H3,(H,23,28)/t12-/m1/s1. The normalized spacial score (nSPS) is 20.3. The first-order valence-electron chi connectivity index (χ1n) is 10.1. The maximum atomic E-state index is 13.2. The van der Waals surface area contributed by atoms with Gasteiger partial charge in [0.25, 0.3) is 11.5 Å². The van der Waals surface area contributed by atoms with Crippen LogP contribution in [-0.4, -0.2) is 32.5 Å². The molecule has 0 bridgehead atoms.